The van der Waals surface area contributed by atoms with Gasteiger partial charge in [0.1, 0.15) is 10.8 Å². The lowest BCUT2D eigenvalue weighted by Crippen LogP contribution is -2.37. The Morgan fingerprint density at radius 1 is 1.32 bits per heavy atom. The zero-order valence-corrected chi connectivity index (χ0v) is 11.9. The van der Waals surface area contributed by atoms with Crippen LogP contribution in [0.4, 0.5) is 5.82 Å². The Morgan fingerprint density at radius 2 is 2.16 bits per heavy atom. The van der Waals surface area contributed by atoms with Gasteiger partial charge in [0, 0.05) is 31.9 Å². The average Bonchev–Trinajstić information content (AvgIpc) is 2.76. The van der Waals surface area contributed by atoms with Gasteiger partial charge in [-0.3, -0.25) is 4.90 Å². The van der Waals surface area contributed by atoms with Crippen LogP contribution in [-0.4, -0.2) is 47.1 Å². The van der Waals surface area contributed by atoms with Crippen LogP contribution in [0.1, 0.15) is 24.8 Å². The Hall–Kier alpha value is -1.20. The van der Waals surface area contributed by atoms with E-state index in [1.54, 1.807) is 0 Å². The topological polar surface area (TPSA) is 45.4 Å². The highest BCUT2D eigenvalue weighted by Gasteiger charge is 2.29. The molecule has 2 N–H and O–H groups in total. The third-order valence-electron chi connectivity index (χ3n) is 4.16. The van der Waals surface area contributed by atoms with Gasteiger partial charge >= 0.3 is 0 Å². The largest absolute Gasteiger partial charge is 0.389 e. The molecule has 3 rings (SSSR count). The Balaban J connectivity index is 1.87. The molecule has 19 heavy (non-hydrogen) atoms. The number of nitrogens with two attached hydrogens (primary N) is 1. The first kappa shape index (κ1) is 12.8. The Kier molecular flexibility index (Phi) is 3.66. The maximum atomic E-state index is 5.82. The lowest BCUT2D eigenvalue weighted by molar-refractivity contribution is 0.273. The van der Waals surface area contributed by atoms with Crippen LogP contribution in [0.5, 0.6) is 0 Å². The van der Waals surface area contributed by atoms with Crippen molar-refractivity contribution < 1.29 is 0 Å². The molecule has 2 aliphatic heterocycles. The average molecular weight is 276 g/mol. The van der Waals surface area contributed by atoms with Crippen LogP contribution in [0.3, 0.4) is 0 Å². The Bertz CT molecular complexity index is 476. The number of pyridine rings is 1. The summed E-state index contributed by atoms with van der Waals surface area (Å²) in [6, 6.07) is 4.54. The first-order valence-corrected chi connectivity index (χ1v) is 7.40. The van der Waals surface area contributed by atoms with Crippen molar-refractivity contribution in [1.82, 2.24) is 9.88 Å². The maximum absolute atomic E-state index is 5.82. The minimum absolute atomic E-state index is 0.440. The number of rotatable bonds is 2. The molecule has 0 spiro atoms. The molecule has 2 aliphatic rings. The predicted octanol–water partition coefficient (Wildman–Crippen LogP) is 1.39. The summed E-state index contributed by atoms with van der Waals surface area (Å²) in [4.78, 5) is 9.94. The summed E-state index contributed by atoms with van der Waals surface area (Å²) < 4.78 is 0. The van der Waals surface area contributed by atoms with Crippen molar-refractivity contribution in [3.63, 3.8) is 0 Å². The van der Waals surface area contributed by atoms with E-state index < -0.39 is 0 Å². The first-order chi connectivity index (χ1) is 9.25. The molecule has 2 fully saturated rings. The number of anilines is 1. The van der Waals surface area contributed by atoms with Crippen molar-refractivity contribution in [1.29, 1.82) is 0 Å². The van der Waals surface area contributed by atoms with Gasteiger partial charge in [0.2, 0.25) is 0 Å². The van der Waals surface area contributed by atoms with Gasteiger partial charge in [-0.15, -0.1) is 0 Å². The van der Waals surface area contributed by atoms with Crippen LogP contribution < -0.4 is 10.6 Å². The normalized spacial score (nSPS) is 24.0. The van der Waals surface area contributed by atoms with Gasteiger partial charge in [-0.25, -0.2) is 4.98 Å². The number of thiocarbonyl (C=S) groups is 1. The molecule has 5 heteroatoms. The first-order valence-electron chi connectivity index (χ1n) is 6.99. The van der Waals surface area contributed by atoms with Crippen molar-refractivity contribution >= 4 is 23.0 Å². The van der Waals surface area contributed by atoms with Gasteiger partial charge in [0.15, 0.2) is 0 Å². The van der Waals surface area contributed by atoms with E-state index in [0.29, 0.717) is 11.0 Å². The van der Waals surface area contributed by atoms with Crippen LogP contribution in [0, 0.1) is 0 Å². The Labute approximate surface area is 119 Å². The monoisotopic (exact) mass is 276 g/mol. The lowest BCUT2D eigenvalue weighted by Gasteiger charge is -2.27. The quantitative estimate of drug-likeness (QED) is 0.827. The van der Waals surface area contributed by atoms with Crippen molar-refractivity contribution in [3.05, 3.63) is 23.9 Å². The van der Waals surface area contributed by atoms with Crippen LogP contribution in [0.15, 0.2) is 18.3 Å². The summed E-state index contributed by atoms with van der Waals surface area (Å²) in [5.74, 6) is 0.962. The van der Waals surface area contributed by atoms with Crippen molar-refractivity contribution in [2.45, 2.75) is 25.3 Å². The van der Waals surface area contributed by atoms with E-state index in [1.165, 1.54) is 32.4 Å². The second-order valence-corrected chi connectivity index (χ2v) is 5.81. The van der Waals surface area contributed by atoms with E-state index in [2.05, 4.69) is 14.8 Å². The highest BCUT2D eigenvalue weighted by atomic mass is 32.1. The minimum Gasteiger partial charge on any atom is -0.389 e. The van der Waals surface area contributed by atoms with Gasteiger partial charge in [-0.05, 0) is 37.9 Å². The second-order valence-electron chi connectivity index (χ2n) is 5.37. The van der Waals surface area contributed by atoms with Gasteiger partial charge in [0.05, 0.1) is 5.56 Å². The molecule has 1 unspecified atom stereocenters. The predicted molar refractivity (Wildman–Crippen MR) is 81.5 cm³/mol. The van der Waals surface area contributed by atoms with Crippen molar-refractivity contribution in [2.24, 2.45) is 5.73 Å². The van der Waals surface area contributed by atoms with Gasteiger partial charge < -0.3 is 10.6 Å². The van der Waals surface area contributed by atoms with Crippen molar-refractivity contribution in [2.75, 3.05) is 31.1 Å². The number of aromatic nitrogens is 1. The molecule has 3 heterocycles. The molecule has 1 atom stereocenters. The summed E-state index contributed by atoms with van der Waals surface area (Å²) in [7, 11) is 0. The second kappa shape index (κ2) is 5.43. The van der Waals surface area contributed by atoms with Crippen LogP contribution in [-0.2, 0) is 0 Å². The fourth-order valence-corrected chi connectivity index (χ4v) is 3.40. The SMILES string of the molecule is NC(=S)c1cccnc1N1CCCN2CCCC2C1. The maximum Gasteiger partial charge on any atom is 0.138 e. The highest BCUT2D eigenvalue weighted by Crippen LogP contribution is 2.25. The van der Waals surface area contributed by atoms with Crippen LogP contribution in [0.2, 0.25) is 0 Å². The lowest BCUT2D eigenvalue weighted by atomic mass is 10.2. The molecular formula is C14H20N4S. The summed E-state index contributed by atoms with van der Waals surface area (Å²) in [6.45, 7) is 4.55. The molecule has 2 saturated heterocycles. The molecule has 0 amide bonds. The summed E-state index contributed by atoms with van der Waals surface area (Å²) in [5.41, 5.74) is 6.73. The van der Waals surface area contributed by atoms with Crippen LogP contribution in [0.25, 0.3) is 0 Å². The van der Waals surface area contributed by atoms with Crippen LogP contribution >= 0.6 is 12.2 Å². The summed E-state index contributed by atoms with van der Waals surface area (Å²) in [6.07, 6.45) is 5.63. The fraction of sp³-hybridized carbons (Fsp3) is 0.571. The van der Waals surface area contributed by atoms with E-state index in [9.17, 15) is 0 Å². The van der Waals surface area contributed by atoms with E-state index in [4.69, 9.17) is 18.0 Å². The summed E-state index contributed by atoms with van der Waals surface area (Å²) >= 11 is 5.15. The van der Waals surface area contributed by atoms with E-state index >= 15 is 0 Å². The molecule has 4 nitrogen and oxygen atoms in total. The molecule has 0 bridgehead atoms. The molecule has 1 aromatic heterocycles. The highest BCUT2D eigenvalue weighted by molar-refractivity contribution is 7.80. The number of fused-ring (bicyclic) bond motifs is 1. The van der Waals surface area contributed by atoms with E-state index in [1.807, 2.05) is 18.3 Å². The van der Waals surface area contributed by atoms with E-state index in [-0.39, 0.29) is 0 Å². The molecule has 1 aromatic rings. The number of nitrogens with zero attached hydrogens (tertiary/aromatic N) is 3. The smallest absolute Gasteiger partial charge is 0.138 e. The van der Waals surface area contributed by atoms with Crippen molar-refractivity contribution in [3.8, 4) is 0 Å². The molecule has 102 valence electrons. The van der Waals surface area contributed by atoms with Gasteiger partial charge in [0.25, 0.3) is 0 Å². The third-order valence-corrected chi connectivity index (χ3v) is 4.38. The molecule has 0 aromatic carbocycles. The van der Waals surface area contributed by atoms with Gasteiger partial charge in [-0.2, -0.15) is 0 Å². The Morgan fingerprint density at radius 3 is 3.00 bits per heavy atom. The summed E-state index contributed by atoms with van der Waals surface area (Å²) in [5, 5.41) is 0. The zero-order valence-electron chi connectivity index (χ0n) is 11.1. The molecule has 0 aliphatic carbocycles. The van der Waals surface area contributed by atoms with Gasteiger partial charge in [-0.1, -0.05) is 12.2 Å². The molecule has 0 radical (unpaired) electrons. The zero-order chi connectivity index (χ0) is 13.2. The van der Waals surface area contributed by atoms with E-state index in [0.717, 1.165) is 24.5 Å². The number of hydrogen-bond acceptors (Lipinski definition) is 4. The molecule has 0 saturated carbocycles. The fourth-order valence-electron chi connectivity index (χ4n) is 3.24. The number of hydrogen-bond donors (Lipinski definition) is 1. The minimum atomic E-state index is 0.440. The standard InChI is InChI=1S/C14H20N4S/c15-13(19)12-5-1-6-16-14(12)18-9-3-8-17-7-2-4-11(17)10-18/h1,5-6,11H,2-4,7-10H2,(H2,15,19). The molecular weight excluding hydrogens is 256 g/mol. The third kappa shape index (κ3) is 2.58.